The van der Waals surface area contributed by atoms with Crippen LogP contribution in [0.25, 0.3) is 0 Å². The van der Waals surface area contributed by atoms with E-state index >= 15 is 0 Å². The van der Waals surface area contributed by atoms with E-state index in [0.717, 1.165) is 19.5 Å². The van der Waals surface area contributed by atoms with Crippen LogP contribution in [-0.4, -0.2) is 24.7 Å². The Kier molecular flexibility index (Phi) is 5.86. The number of nitrogens with one attached hydrogen (secondary N) is 1. The lowest BCUT2D eigenvalue weighted by Crippen LogP contribution is -2.47. The van der Waals surface area contributed by atoms with Crippen LogP contribution in [0.5, 0.6) is 0 Å². The lowest BCUT2D eigenvalue weighted by Gasteiger charge is -2.34. The second-order valence-corrected chi connectivity index (χ2v) is 6.31. The minimum absolute atomic E-state index is 0.181. The number of rotatable bonds is 6. The summed E-state index contributed by atoms with van der Waals surface area (Å²) in [7, 11) is 0. The van der Waals surface area contributed by atoms with Gasteiger partial charge >= 0.3 is 0 Å². The van der Waals surface area contributed by atoms with Crippen molar-refractivity contribution < 1.29 is 0 Å². The van der Waals surface area contributed by atoms with Gasteiger partial charge in [0, 0.05) is 30.4 Å². The fourth-order valence-corrected chi connectivity index (χ4v) is 2.29. The molecule has 108 valence electrons. The topological polar surface area (TPSA) is 15.3 Å². The zero-order valence-electron chi connectivity index (χ0n) is 13.5. The summed E-state index contributed by atoms with van der Waals surface area (Å²) in [6.07, 6.45) is 1.16. The summed E-state index contributed by atoms with van der Waals surface area (Å²) >= 11 is 0. The van der Waals surface area contributed by atoms with E-state index in [1.807, 2.05) is 0 Å². The van der Waals surface area contributed by atoms with Gasteiger partial charge in [0.15, 0.2) is 0 Å². The summed E-state index contributed by atoms with van der Waals surface area (Å²) in [5, 5.41) is 3.63. The lowest BCUT2D eigenvalue weighted by atomic mass is 10.1. The lowest BCUT2D eigenvalue weighted by molar-refractivity contribution is 0.394. The van der Waals surface area contributed by atoms with E-state index in [2.05, 4.69) is 76.0 Å². The first-order chi connectivity index (χ1) is 8.87. The first-order valence-corrected chi connectivity index (χ1v) is 7.45. The van der Waals surface area contributed by atoms with E-state index in [1.165, 1.54) is 11.3 Å². The Morgan fingerprint density at radius 2 is 1.68 bits per heavy atom. The third-order valence-corrected chi connectivity index (χ3v) is 3.49. The first kappa shape index (κ1) is 16.0. The highest BCUT2D eigenvalue weighted by molar-refractivity contribution is 5.48. The third kappa shape index (κ3) is 5.23. The van der Waals surface area contributed by atoms with Gasteiger partial charge in [-0.2, -0.15) is 0 Å². The smallest absolute Gasteiger partial charge is 0.0411 e. The SMILES string of the molecule is CCC(CNC(C)(C)C)N(CC)c1ccc(C)cc1. The zero-order chi connectivity index (χ0) is 14.5. The van der Waals surface area contributed by atoms with E-state index in [1.54, 1.807) is 0 Å². The second-order valence-electron chi connectivity index (χ2n) is 6.31. The van der Waals surface area contributed by atoms with Gasteiger partial charge in [-0.1, -0.05) is 24.6 Å². The quantitative estimate of drug-likeness (QED) is 0.834. The summed E-state index contributed by atoms with van der Waals surface area (Å²) < 4.78 is 0. The van der Waals surface area contributed by atoms with Crippen LogP contribution in [0.4, 0.5) is 5.69 Å². The molecule has 1 unspecified atom stereocenters. The molecule has 2 heteroatoms. The normalized spacial score (nSPS) is 13.4. The van der Waals surface area contributed by atoms with Crippen LogP contribution in [0, 0.1) is 6.92 Å². The number of hydrogen-bond acceptors (Lipinski definition) is 2. The second kappa shape index (κ2) is 6.95. The number of anilines is 1. The zero-order valence-corrected chi connectivity index (χ0v) is 13.5. The van der Waals surface area contributed by atoms with Crippen molar-refractivity contribution in [2.45, 2.75) is 59.5 Å². The average Bonchev–Trinajstić information content (AvgIpc) is 2.35. The number of hydrogen-bond donors (Lipinski definition) is 1. The van der Waals surface area contributed by atoms with Gasteiger partial charge in [0.25, 0.3) is 0 Å². The predicted molar refractivity (Wildman–Crippen MR) is 86.0 cm³/mol. The molecular formula is C17H30N2. The highest BCUT2D eigenvalue weighted by Crippen LogP contribution is 2.19. The Bertz CT molecular complexity index is 362. The summed E-state index contributed by atoms with van der Waals surface area (Å²) in [6, 6.07) is 9.41. The van der Waals surface area contributed by atoms with E-state index in [-0.39, 0.29) is 5.54 Å². The van der Waals surface area contributed by atoms with Crippen molar-refractivity contribution in [3.63, 3.8) is 0 Å². The first-order valence-electron chi connectivity index (χ1n) is 7.45. The number of aryl methyl sites for hydroxylation is 1. The highest BCUT2D eigenvalue weighted by atomic mass is 15.2. The van der Waals surface area contributed by atoms with Crippen LogP contribution in [0.2, 0.25) is 0 Å². The fourth-order valence-electron chi connectivity index (χ4n) is 2.29. The van der Waals surface area contributed by atoms with Crippen LogP contribution in [0.15, 0.2) is 24.3 Å². The molecule has 0 aliphatic carbocycles. The molecule has 0 saturated heterocycles. The molecule has 0 aliphatic heterocycles. The molecular weight excluding hydrogens is 232 g/mol. The van der Waals surface area contributed by atoms with Crippen molar-refractivity contribution in [1.29, 1.82) is 0 Å². The molecule has 1 aromatic rings. The summed E-state index contributed by atoms with van der Waals surface area (Å²) in [5.41, 5.74) is 2.83. The molecule has 2 nitrogen and oxygen atoms in total. The van der Waals surface area contributed by atoms with Crippen LogP contribution in [0.3, 0.4) is 0 Å². The van der Waals surface area contributed by atoms with Crippen molar-refractivity contribution in [2.24, 2.45) is 0 Å². The number of benzene rings is 1. The van der Waals surface area contributed by atoms with Crippen molar-refractivity contribution in [3.8, 4) is 0 Å². The van der Waals surface area contributed by atoms with Gasteiger partial charge in [0.05, 0.1) is 0 Å². The van der Waals surface area contributed by atoms with Crippen LogP contribution in [-0.2, 0) is 0 Å². The van der Waals surface area contributed by atoms with Crippen molar-refractivity contribution >= 4 is 5.69 Å². The molecule has 0 heterocycles. The van der Waals surface area contributed by atoms with Crippen LogP contribution in [0.1, 0.15) is 46.6 Å². The van der Waals surface area contributed by atoms with Crippen molar-refractivity contribution in [3.05, 3.63) is 29.8 Å². The van der Waals surface area contributed by atoms with Crippen LogP contribution >= 0.6 is 0 Å². The van der Waals surface area contributed by atoms with Gasteiger partial charge in [-0.15, -0.1) is 0 Å². The molecule has 0 aliphatic rings. The largest absolute Gasteiger partial charge is 0.368 e. The molecule has 1 atom stereocenters. The molecule has 0 spiro atoms. The maximum Gasteiger partial charge on any atom is 0.0411 e. The predicted octanol–water partition coefficient (Wildman–Crippen LogP) is 3.99. The summed E-state index contributed by atoms with van der Waals surface area (Å²) in [4.78, 5) is 2.50. The molecule has 19 heavy (non-hydrogen) atoms. The van der Waals surface area contributed by atoms with Gasteiger partial charge in [-0.3, -0.25) is 0 Å². The van der Waals surface area contributed by atoms with Gasteiger partial charge in [0.2, 0.25) is 0 Å². The van der Waals surface area contributed by atoms with Gasteiger partial charge in [-0.05, 0) is 53.2 Å². The molecule has 1 rings (SSSR count). The number of likely N-dealkylation sites (N-methyl/N-ethyl adjacent to an activating group) is 1. The molecule has 0 saturated carbocycles. The Hall–Kier alpha value is -1.02. The Morgan fingerprint density at radius 3 is 2.11 bits per heavy atom. The molecule has 0 bridgehead atoms. The van der Waals surface area contributed by atoms with Gasteiger partial charge in [0.1, 0.15) is 0 Å². The summed E-state index contributed by atoms with van der Waals surface area (Å²) in [6.45, 7) is 15.4. The standard InChI is InChI=1S/C17H30N2/c1-7-15(13-18-17(4,5)6)19(8-2)16-11-9-14(3)10-12-16/h9-12,15,18H,7-8,13H2,1-6H3. The monoisotopic (exact) mass is 262 g/mol. The van der Waals surface area contributed by atoms with E-state index in [0.29, 0.717) is 6.04 Å². The van der Waals surface area contributed by atoms with Crippen molar-refractivity contribution in [1.82, 2.24) is 5.32 Å². The van der Waals surface area contributed by atoms with Gasteiger partial charge in [-0.25, -0.2) is 0 Å². The molecule has 1 N–H and O–H groups in total. The molecule has 1 aromatic carbocycles. The Labute approximate surface area is 119 Å². The molecule has 0 fully saturated rings. The third-order valence-electron chi connectivity index (χ3n) is 3.49. The molecule has 0 aromatic heterocycles. The molecule has 0 radical (unpaired) electrons. The van der Waals surface area contributed by atoms with E-state index in [4.69, 9.17) is 0 Å². The van der Waals surface area contributed by atoms with Crippen molar-refractivity contribution in [2.75, 3.05) is 18.0 Å². The minimum Gasteiger partial charge on any atom is -0.368 e. The van der Waals surface area contributed by atoms with Gasteiger partial charge < -0.3 is 10.2 Å². The summed E-state index contributed by atoms with van der Waals surface area (Å²) in [5.74, 6) is 0. The minimum atomic E-state index is 0.181. The van der Waals surface area contributed by atoms with Crippen LogP contribution < -0.4 is 10.2 Å². The van der Waals surface area contributed by atoms with E-state index < -0.39 is 0 Å². The molecule has 0 amide bonds. The average molecular weight is 262 g/mol. The maximum atomic E-state index is 3.63. The van der Waals surface area contributed by atoms with E-state index in [9.17, 15) is 0 Å². The highest BCUT2D eigenvalue weighted by Gasteiger charge is 2.18. The fraction of sp³-hybridized carbons (Fsp3) is 0.647. The maximum absolute atomic E-state index is 3.63. The Balaban J connectivity index is 2.77. The number of nitrogens with zero attached hydrogens (tertiary/aromatic N) is 1. The Morgan fingerprint density at radius 1 is 1.11 bits per heavy atom.